The molecular weight excluding hydrogens is 278 g/mol. The normalized spacial score (nSPS) is 11.4. The van der Waals surface area contributed by atoms with Crippen LogP contribution in [0.5, 0.6) is 0 Å². The van der Waals surface area contributed by atoms with E-state index in [0.717, 1.165) is 5.39 Å². The minimum atomic E-state index is 0.222. The van der Waals surface area contributed by atoms with Crippen LogP contribution in [0.2, 0.25) is 5.15 Å². The number of nitrogens with one attached hydrogen (secondary N) is 2. The fourth-order valence-electron chi connectivity index (χ4n) is 1.86. The molecule has 8 heteroatoms. The molecule has 3 heterocycles. The largest absolute Gasteiger partial charge is 0.383 e. The molecule has 7 nitrogen and oxygen atoms in total. The molecule has 0 spiro atoms. The molecule has 104 valence electrons. The van der Waals surface area contributed by atoms with E-state index in [0.29, 0.717) is 28.3 Å². The molecule has 0 aromatic carbocycles. The summed E-state index contributed by atoms with van der Waals surface area (Å²) in [6, 6.07) is 2.05. The summed E-state index contributed by atoms with van der Waals surface area (Å²) in [5.41, 5.74) is 7.20. The molecule has 0 aliphatic heterocycles. The Labute approximate surface area is 120 Å². The Morgan fingerprint density at radius 1 is 1.40 bits per heavy atom. The van der Waals surface area contributed by atoms with Gasteiger partial charge in [-0.2, -0.15) is 15.1 Å². The molecule has 3 rings (SSSR count). The smallest absolute Gasteiger partial charge is 0.231 e. The van der Waals surface area contributed by atoms with Crippen LogP contribution in [0.3, 0.4) is 0 Å². The number of H-pyrrole nitrogens is 1. The molecule has 20 heavy (non-hydrogen) atoms. The van der Waals surface area contributed by atoms with Gasteiger partial charge in [-0.3, -0.25) is 4.68 Å². The molecule has 0 bridgehead atoms. The lowest BCUT2D eigenvalue weighted by Gasteiger charge is -2.04. The summed E-state index contributed by atoms with van der Waals surface area (Å²) in [5, 5.41) is 8.40. The van der Waals surface area contributed by atoms with Crippen LogP contribution in [-0.2, 0) is 0 Å². The van der Waals surface area contributed by atoms with Crippen LogP contribution >= 0.6 is 11.6 Å². The minimum Gasteiger partial charge on any atom is -0.383 e. The second-order valence-corrected chi connectivity index (χ2v) is 5.06. The predicted octanol–water partition coefficient (Wildman–Crippen LogP) is 2.71. The maximum atomic E-state index is 6.09. The highest BCUT2D eigenvalue weighted by Crippen LogP contribution is 2.25. The first-order valence-electron chi connectivity index (χ1n) is 6.17. The first-order valence-corrected chi connectivity index (χ1v) is 6.54. The Bertz CT molecular complexity index is 758. The number of aromatic amines is 1. The van der Waals surface area contributed by atoms with Crippen molar-refractivity contribution in [3.05, 3.63) is 23.6 Å². The molecule has 0 radical (unpaired) electrons. The van der Waals surface area contributed by atoms with Crippen molar-refractivity contribution in [3.8, 4) is 0 Å². The third kappa shape index (κ3) is 2.16. The first-order chi connectivity index (χ1) is 9.54. The summed E-state index contributed by atoms with van der Waals surface area (Å²) in [6.07, 6.45) is 3.58. The van der Waals surface area contributed by atoms with Gasteiger partial charge in [0.1, 0.15) is 11.5 Å². The van der Waals surface area contributed by atoms with Gasteiger partial charge in [-0.05, 0) is 19.9 Å². The lowest BCUT2D eigenvalue weighted by molar-refractivity contribution is 0.533. The average Bonchev–Trinajstić information content (AvgIpc) is 2.97. The van der Waals surface area contributed by atoms with E-state index in [4.69, 9.17) is 17.3 Å². The molecule has 0 saturated heterocycles. The molecular formula is C12H14ClN7. The van der Waals surface area contributed by atoms with Crippen molar-refractivity contribution in [2.75, 3.05) is 11.1 Å². The maximum Gasteiger partial charge on any atom is 0.231 e. The third-order valence-electron chi connectivity index (χ3n) is 2.91. The van der Waals surface area contributed by atoms with Crippen LogP contribution in [0.4, 0.5) is 17.5 Å². The summed E-state index contributed by atoms with van der Waals surface area (Å²) in [7, 11) is 0. The maximum absolute atomic E-state index is 6.09. The topological polar surface area (TPSA) is 97.4 Å². The Balaban J connectivity index is 1.96. The van der Waals surface area contributed by atoms with E-state index < -0.39 is 0 Å². The van der Waals surface area contributed by atoms with Gasteiger partial charge in [0, 0.05) is 12.2 Å². The third-order valence-corrected chi connectivity index (χ3v) is 3.19. The van der Waals surface area contributed by atoms with Gasteiger partial charge in [0.2, 0.25) is 5.95 Å². The van der Waals surface area contributed by atoms with Crippen LogP contribution in [0, 0.1) is 0 Å². The van der Waals surface area contributed by atoms with Gasteiger partial charge in [0.15, 0.2) is 5.15 Å². The first kappa shape index (κ1) is 12.7. The number of fused-ring (bicyclic) bond motifs is 1. The Kier molecular flexibility index (Phi) is 2.98. The van der Waals surface area contributed by atoms with Crippen molar-refractivity contribution in [3.63, 3.8) is 0 Å². The molecule has 0 aliphatic rings. The van der Waals surface area contributed by atoms with Gasteiger partial charge >= 0.3 is 0 Å². The molecule has 0 fully saturated rings. The van der Waals surface area contributed by atoms with Gasteiger partial charge in [-0.1, -0.05) is 11.6 Å². The number of halogens is 1. The van der Waals surface area contributed by atoms with Gasteiger partial charge in [0.05, 0.1) is 17.3 Å². The Morgan fingerprint density at radius 2 is 2.20 bits per heavy atom. The highest BCUT2D eigenvalue weighted by molar-refractivity contribution is 6.32. The fourth-order valence-corrected chi connectivity index (χ4v) is 2.04. The Hall–Kier alpha value is -2.28. The average molecular weight is 292 g/mol. The number of nitrogens with zero attached hydrogens (tertiary/aromatic N) is 4. The minimum absolute atomic E-state index is 0.222. The molecule has 0 atom stereocenters. The molecule has 0 amide bonds. The highest BCUT2D eigenvalue weighted by Gasteiger charge is 2.12. The van der Waals surface area contributed by atoms with Gasteiger partial charge in [0.25, 0.3) is 0 Å². The fraction of sp³-hybridized carbons (Fsp3) is 0.250. The van der Waals surface area contributed by atoms with Crippen LogP contribution in [0.25, 0.3) is 11.0 Å². The monoisotopic (exact) mass is 291 g/mol. The number of nitrogen functional groups attached to an aromatic ring is 1. The molecule has 3 aromatic heterocycles. The van der Waals surface area contributed by atoms with E-state index in [1.54, 1.807) is 10.9 Å². The van der Waals surface area contributed by atoms with Gasteiger partial charge < -0.3 is 16.0 Å². The summed E-state index contributed by atoms with van der Waals surface area (Å²) >= 11 is 6.09. The van der Waals surface area contributed by atoms with Crippen LogP contribution in [0.1, 0.15) is 19.9 Å². The number of rotatable bonds is 3. The van der Waals surface area contributed by atoms with Gasteiger partial charge in [-0.25, -0.2) is 0 Å². The molecule has 3 aromatic rings. The number of anilines is 3. The zero-order valence-electron chi connectivity index (χ0n) is 11.1. The number of aromatic nitrogens is 5. The van der Waals surface area contributed by atoms with E-state index in [-0.39, 0.29) is 6.04 Å². The predicted molar refractivity (Wildman–Crippen MR) is 79.2 cm³/mol. The molecule has 0 aliphatic carbocycles. The van der Waals surface area contributed by atoms with Crippen molar-refractivity contribution in [2.45, 2.75) is 19.9 Å². The van der Waals surface area contributed by atoms with E-state index in [9.17, 15) is 0 Å². The summed E-state index contributed by atoms with van der Waals surface area (Å²) in [5.74, 6) is 0.786. The Morgan fingerprint density at radius 3 is 2.90 bits per heavy atom. The second kappa shape index (κ2) is 4.68. The number of hydrogen-bond acceptors (Lipinski definition) is 5. The lowest BCUT2D eigenvalue weighted by atomic mass is 10.4. The quantitative estimate of drug-likeness (QED) is 0.689. The van der Waals surface area contributed by atoms with Crippen molar-refractivity contribution in [1.29, 1.82) is 0 Å². The zero-order valence-corrected chi connectivity index (χ0v) is 11.8. The van der Waals surface area contributed by atoms with Crippen LogP contribution < -0.4 is 11.1 Å². The van der Waals surface area contributed by atoms with E-state index in [1.165, 1.54) is 0 Å². The molecule has 0 unspecified atom stereocenters. The van der Waals surface area contributed by atoms with Crippen molar-refractivity contribution in [1.82, 2.24) is 24.7 Å². The number of nitrogens with two attached hydrogens (primary N) is 1. The van der Waals surface area contributed by atoms with Crippen LogP contribution in [0.15, 0.2) is 18.5 Å². The summed E-state index contributed by atoms with van der Waals surface area (Å²) in [6.45, 7) is 4.04. The summed E-state index contributed by atoms with van der Waals surface area (Å²) in [4.78, 5) is 11.5. The number of hydrogen-bond donors (Lipinski definition) is 3. The van der Waals surface area contributed by atoms with Crippen LogP contribution in [-0.4, -0.2) is 24.7 Å². The van der Waals surface area contributed by atoms with E-state index in [2.05, 4.69) is 25.4 Å². The SMILES string of the molecule is CC(C)n1cc(Nc2nc(N)c3cc[nH]c3n2)c(Cl)n1. The van der Waals surface area contributed by atoms with Crippen molar-refractivity contribution in [2.24, 2.45) is 0 Å². The molecule has 0 saturated carbocycles. The zero-order chi connectivity index (χ0) is 14.3. The second-order valence-electron chi connectivity index (χ2n) is 4.70. The van der Waals surface area contributed by atoms with Crippen molar-refractivity contribution < 1.29 is 0 Å². The summed E-state index contributed by atoms with van der Waals surface area (Å²) < 4.78 is 1.77. The van der Waals surface area contributed by atoms with Crippen molar-refractivity contribution >= 4 is 40.1 Å². The van der Waals surface area contributed by atoms with E-state index >= 15 is 0 Å². The van der Waals surface area contributed by atoms with E-state index in [1.807, 2.05) is 26.1 Å². The lowest BCUT2D eigenvalue weighted by Crippen LogP contribution is -2.01. The standard InChI is InChI=1S/C12H14ClN7/c1-6(2)20-5-8(9(13)19-20)16-12-17-10(14)7-3-4-15-11(7)18-12/h3-6H,1-2H3,(H4,14,15,16,17,18). The van der Waals surface area contributed by atoms with Gasteiger partial charge in [-0.15, -0.1) is 0 Å². The highest BCUT2D eigenvalue weighted by atomic mass is 35.5. The molecule has 4 N–H and O–H groups in total.